The summed E-state index contributed by atoms with van der Waals surface area (Å²) in [7, 11) is 0. The van der Waals surface area contributed by atoms with E-state index >= 15 is 0 Å². The van der Waals surface area contributed by atoms with Crippen molar-refractivity contribution < 1.29 is 9.59 Å². The van der Waals surface area contributed by atoms with E-state index in [1.54, 1.807) is 73.1 Å². The van der Waals surface area contributed by atoms with Gasteiger partial charge in [0.15, 0.2) is 5.78 Å². The van der Waals surface area contributed by atoms with Crippen molar-refractivity contribution in [3.05, 3.63) is 95.8 Å². The van der Waals surface area contributed by atoms with E-state index in [0.29, 0.717) is 22.5 Å². The van der Waals surface area contributed by atoms with E-state index in [4.69, 9.17) is 5.73 Å². The molecule has 3 rings (SSSR count). The van der Waals surface area contributed by atoms with Crippen molar-refractivity contribution in [1.82, 2.24) is 4.98 Å². The van der Waals surface area contributed by atoms with Crippen molar-refractivity contribution in [3.63, 3.8) is 0 Å². The number of anilines is 2. The van der Waals surface area contributed by atoms with Crippen LogP contribution in [-0.4, -0.2) is 16.7 Å². The van der Waals surface area contributed by atoms with Crippen molar-refractivity contribution in [2.75, 3.05) is 11.1 Å². The summed E-state index contributed by atoms with van der Waals surface area (Å²) < 4.78 is 0. The molecule has 0 aliphatic rings. The van der Waals surface area contributed by atoms with Crippen LogP contribution in [0.2, 0.25) is 0 Å². The topological polar surface area (TPSA) is 85.1 Å². The molecule has 0 saturated heterocycles. The lowest BCUT2D eigenvalue weighted by Gasteiger charge is -2.08. The molecule has 128 valence electrons. The number of nitrogens with one attached hydrogen (secondary N) is 1. The molecule has 1 heterocycles. The minimum Gasteiger partial charge on any atom is -0.397 e. The summed E-state index contributed by atoms with van der Waals surface area (Å²) in [5, 5.41) is 2.75. The molecule has 3 N–H and O–H groups in total. The first kappa shape index (κ1) is 17.1. The highest BCUT2D eigenvalue weighted by atomic mass is 16.1. The number of nitrogens with two attached hydrogens (primary N) is 1. The zero-order valence-electron chi connectivity index (χ0n) is 13.9. The van der Waals surface area contributed by atoms with Gasteiger partial charge in [-0.05, 0) is 48.0 Å². The number of carbonyl (C=O) groups is 2. The molecule has 0 aliphatic heterocycles. The maximum absolute atomic E-state index is 12.3. The standard InChI is InChI=1S/C21H17N3O2/c22-18-5-1-2-6-19(18)24-21(26)17-10-8-16(9-11-17)20(25)12-7-15-4-3-13-23-14-15/h1-14H,22H2,(H,24,26). The molecular formula is C21H17N3O2. The van der Waals surface area contributed by atoms with Crippen molar-refractivity contribution in [1.29, 1.82) is 0 Å². The Balaban J connectivity index is 1.68. The van der Waals surface area contributed by atoms with Crippen LogP contribution in [0, 0.1) is 0 Å². The average Bonchev–Trinajstić information content (AvgIpc) is 2.69. The minimum atomic E-state index is -0.284. The van der Waals surface area contributed by atoms with E-state index in [9.17, 15) is 9.59 Å². The number of amides is 1. The Hall–Kier alpha value is -3.73. The molecule has 1 aromatic heterocycles. The lowest BCUT2D eigenvalue weighted by molar-refractivity contribution is 0.102. The number of hydrogen-bond acceptors (Lipinski definition) is 4. The SMILES string of the molecule is Nc1ccccc1NC(=O)c1ccc(C(=O)C=Cc2cccnc2)cc1. The fourth-order valence-electron chi connectivity index (χ4n) is 2.33. The number of carbonyl (C=O) groups excluding carboxylic acids is 2. The predicted molar refractivity (Wildman–Crippen MR) is 103 cm³/mol. The molecule has 3 aromatic rings. The molecule has 0 radical (unpaired) electrons. The first-order valence-corrected chi connectivity index (χ1v) is 8.02. The Morgan fingerprint density at radius 3 is 2.35 bits per heavy atom. The third-order valence-corrected chi connectivity index (χ3v) is 3.75. The number of pyridine rings is 1. The Kier molecular flexibility index (Phi) is 5.19. The maximum atomic E-state index is 12.3. The van der Waals surface area contributed by atoms with Crippen LogP contribution in [0.5, 0.6) is 0 Å². The number of hydrogen-bond donors (Lipinski definition) is 2. The van der Waals surface area contributed by atoms with E-state index in [0.717, 1.165) is 5.56 Å². The molecule has 5 heteroatoms. The largest absolute Gasteiger partial charge is 0.397 e. The first-order valence-electron chi connectivity index (χ1n) is 8.02. The van der Waals surface area contributed by atoms with Crippen LogP contribution >= 0.6 is 0 Å². The number of ketones is 1. The normalized spacial score (nSPS) is 10.6. The summed E-state index contributed by atoms with van der Waals surface area (Å²) in [6.07, 6.45) is 6.53. The molecule has 0 fully saturated rings. The molecule has 1 amide bonds. The number of rotatable bonds is 5. The fraction of sp³-hybridized carbons (Fsp3) is 0. The van der Waals surface area contributed by atoms with Gasteiger partial charge in [0.25, 0.3) is 5.91 Å². The monoisotopic (exact) mass is 343 g/mol. The molecule has 0 unspecified atom stereocenters. The van der Waals surface area contributed by atoms with Crippen LogP contribution in [0.25, 0.3) is 6.08 Å². The molecule has 0 spiro atoms. The average molecular weight is 343 g/mol. The van der Waals surface area contributed by atoms with Gasteiger partial charge in [-0.25, -0.2) is 0 Å². The van der Waals surface area contributed by atoms with Gasteiger partial charge in [-0.3, -0.25) is 14.6 Å². The number of nitrogens with zero attached hydrogens (tertiary/aromatic N) is 1. The van der Waals surface area contributed by atoms with Crippen LogP contribution in [0.1, 0.15) is 26.3 Å². The highest BCUT2D eigenvalue weighted by molar-refractivity contribution is 6.09. The fourth-order valence-corrected chi connectivity index (χ4v) is 2.33. The number of aromatic nitrogens is 1. The van der Waals surface area contributed by atoms with Crippen LogP contribution in [0.4, 0.5) is 11.4 Å². The van der Waals surface area contributed by atoms with Crippen molar-refractivity contribution in [3.8, 4) is 0 Å². The van der Waals surface area contributed by atoms with Crippen LogP contribution in [0.3, 0.4) is 0 Å². The lowest BCUT2D eigenvalue weighted by atomic mass is 10.1. The molecule has 2 aromatic carbocycles. The van der Waals surface area contributed by atoms with Gasteiger partial charge in [0.2, 0.25) is 0 Å². The first-order chi connectivity index (χ1) is 12.6. The van der Waals surface area contributed by atoms with Gasteiger partial charge in [0.1, 0.15) is 0 Å². The summed E-state index contributed by atoms with van der Waals surface area (Å²) in [4.78, 5) is 28.5. The minimum absolute atomic E-state index is 0.145. The van der Waals surface area contributed by atoms with Gasteiger partial charge in [0.05, 0.1) is 11.4 Å². The molecule has 26 heavy (non-hydrogen) atoms. The number of para-hydroxylation sites is 2. The summed E-state index contributed by atoms with van der Waals surface area (Å²) in [6, 6.07) is 17.2. The predicted octanol–water partition coefficient (Wildman–Crippen LogP) is 3.81. The zero-order chi connectivity index (χ0) is 18.4. The molecule has 0 saturated carbocycles. The van der Waals surface area contributed by atoms with Crippen LogP contribution < -0.4 is 11.1 Å². The zero-order valence-corrected chi connectivity index (χ0v) is 13.9. The van der Waals surface area contributed by atoms with E-state index in [2.05, 4.69) is 10.3 Å². The van der Waals surface area contributed by atoms with Gasteiger partial charge >= 0.3 is 0 Å². The third-order valence-electron chi connectivity index (χ3n) is 3.75. The van der Waals surface area contributed by atoms with E-state index < -0.39 is 0 Å². The second kappa shape index (κ2) is 7.90. The van der Waals surface area contributed by atoms with Gasteiger partial charge in [-0.1, -0.05) is 30.3 Å². The van der Waals surface area contributed by atoms with Crippen LogP contribution in [0.15, 0.2) is 79.1 Å². The Morgan fingerprint density at radius 1 is 0.923 bits per heavy atom. The molecule has 0 bridgehead atoms. The van der Waals surface area contributed by atoms with Gasteiger partial charge in [-0.2, -0.15) is 0 Å². The second-order valence-corrected chi connectivity index (χ2v) is 5.60. The number of benzene rings is 2. The Bertz CT molecular complexity index is 949. The van der Waals surface area contributed by atoms with Gasteiger partial charge in [-0.15, -0.1) is 0 Å². The summed E-state index contributed by atoms with van der Waals surface area (Å²) in [6.45, 7) is 0. The van der Waals surface area contributed by atoms with Gasteiger partial charge < -0.3 is 11.1 Å². The van der Waals surface area contributed by atoms with Crippen molar-refractivity contribution >= 4 is 29.1 Å². The quantitative estimate of drug-likeness (QED) is 0.419. The summed E-state index contributed by atoms with van der Waals surface area (Å²) >= 11 is 0. The second-order valence-electron chi connectivity index (χ2n) is 5.60. The molecular weight excluding hydrogens is 326 g/mol. The van der Waals surface area contributed by atoms with Crippen molar-refractivity contribution in [2.45, 2.75) is 0 Å². The summed E-state index contributed by atoms with van der Waals surface area (Å²) in [5.74, 6) is -0.430. The van der Waals surface area contributed by atoms with Crippen LogP contribution in [-0.2, 0) is 0 Å². The smallest absolute Gasteiger partial charge is 0.255 e. The van der Waals surface area contributed by atoms with E-state index in [1.807, 2.05) is 6.07 Å². The Morgan fingerprint density at radius 2 is 1.65 bits per heavy atom. The highest BCUT2D eigenvalue weighted by Crippen LogP contribution is 2.18. The lowest BCUT2D eigenvalue weighted by Crippen LogP contribution is -2.13. The third kappa shape index (κ3) is 4.21. The van der Waals surface area contributed by atoms with E-state index in [1.165, 1.54) is 6.08 Å². The number of nitrogen functional groups attached to an aromatic ring is 1. The van der Waals surface area contributed by atoms with E-state index in [-0.39, 0.29) is 11.7 Å². The molecule has 5 nitrogen and oxygen atoms in total. The molecule has 0 aliphatic carbocycles. The molecule has 0 atom stereocenters. The number of allylic oxidation sites excluding steroid dienone is 1. The highest BCUT2D eigenvalue weighted by Gasteiger charge is 2.09. The summed E-state index contributed by atoms with van der Waals surface area (Å²) in [5.41, 5.74) is 8.66. The van der Waals surface area contributed by atoms with Crippen molar-refractivity contribution in [2.24, 2.45) is 0 Å². The Labute approximate surface area is 151 Å². The van der Waals surface area contributed by atoms with Gasteiger partial charge in [0, 0.05) is 23.5 Å². The maximum Gasteiger partial charge on any atom is 0.255 e.